The summed E-state index contributed by atoms with van der Waals surface area (Å²) in [4.78, 5) is 14.8. The zero-order valence-corrected chi connectivity index (χ0v) is 12.4. The van der Waals surface area contributed by atoms with Crippen LogP contribution < -0.4 is 0 Å². The number of aryl methyl sites for hydroxylation is 1. The number of hydrogen-bond acceptors (Lipinski definition) is 2. The van der Waals surface area contributed by atoms with Gasteiger partial charge in [0.2, 0.25) is 5.91 Å². The Labute approximate surface area is 126 Å². The molecule has 0 aromatic heterocycles. The molecule has 1 aliphatic carbocycles. The van der Waals surface area contributed by atoms with Crippen LogP contribution in [0.1, 0.15) is 49.7 Å². The number of carbonyl (C=O) groups excluding carboxylic acids is 1. The number of aliphatic hydroxyl groups is 1. The second-order valence-corrected chi connectivity index (χ2v) is 6.87. The number of nitrogens with zero attached hydrogens (tertiary/aromatic N) is 1. The lowest BCUT2D eigenvalue weighted by atomic mass is 9.68. The first-order valence-electron chi connectivity index (χ1n) is 8.29. The summed E-state index contributed by atoms with van der Waals surface area (Å²) in [6.07, 6.45) is 7.16. The molecule has 3 nitrogen and oxygen atoms in total. The molecule has 1 amide bonds. The van der Waals surface area contributed by atoms with Gasteiger partial charge in [-0.15, -0.1) is 0 Å². The highest BCUT2D eigenvalue weighted by Crippen LogP contribution is 2.55. The molecule has 1 N–H and O–H groups in total. The summed E-state index contributed by atoms with van der Waals surface area (Å²) in [5.41, 5.74) is 2.63. The zero-order valence-electron chi connectivity index (χ0n) is 12.4. The smallest absolute Gasteiger partial charge is 0.224 e. The van der Waals surface area contributed by atoms with Crippen molar-refractivity contribution < 1.29 is 9.90 Å². The number of fused-ring (bicyclic) bond motifs is 1. The van der Waals surface area contributed by atoms with Gasteiger partial charge in [-0.3, -0.25) is 4.79 Å². The first kappa shape index (κ1) is 13.3. The van der Waals surface area contributed by atoms with Crippen molar-refractivity contribution >= 4 is 5.91 Å². The van der Waals surface area contributed by atoms with Gasteiger partial charge in [0.15, 0.2) is 0 Å². The van der Waals surface area contributed by atoms with Crippen molar-refractivity contribution in [3.8, 4) is 0 Å². The van der Waals surface area contributed by atoms with Crippen molar-refractivity contribution in [1.29, 1.82) is 0 Å². The van der Waals surface area contributed by atoms with Gasteiger partial charge in [-0.1, -0.05) is 37.1 Å². The fourth-order valence-corrected chi connectivity index (χ4v) is 5.15. The standard InChI is InChI=1S/C18H23NO2/c20-12-15-9-8-13-5-1-2-7-16(13)18-10-4-3-6-14(18)11-17(21)19(15)18/h1-2,5,7,14-15,20H,3-4,6,8-12H2/t14-,15-,18-/m0/s1. The Morgan fingerprint density at radius 2 is 2.10 bits per heavy atom. The van der Waals surface area contributed by atoms with Crippen LogP contribution in [0.3, 0.4) is 0 Å². The summed E-state index contributed by atoms with van der Waals surface area (Å²) < 4.78 is 0. The average Bonchev–Trinajstić information content (AvgIpc) is 2.74. The Morgan fingerprint density at radius 3 is 2.95 bits per heavy atom. The molecule has 3 atom stereocenters. The predicted octanol–water partition coefficient (Wildman–Crippen LogP) is 2.61. The molecular formula is C18H23NO2. The number of hydrogen-bond donors (Lipinski definition) is 1. The van der Waals surface area contributed by atoms with Gasteiger partial charge in [0.05, 0.1) is 18.2 Å². The third kappa shape index (κ3) is 1.73. The number of amides is 1. The lowest BCUT2D eigenvalue weighted by Crippen LogP contribution is -2.53. The lowest BCUT2D eigenvalue weighted by molar-refractivity contribution is -0.136. The fraction of sp³-hybridized carbons (Fsp3) is 0.611. The van der Waals surface area contributed by atoms with E-state index in [4.69, 9.17) is 0 Å². The molecule has 0 unspecified atom stereocenters. The van der Waals surface area contributed by atoms with Crippen LogP contribution in [0.5, 0.6) is 0 Å². The Balaban J connectivity index is 1.94. The molecule has 3 heteroatoms. The van der Waals surface area contributed by atoms with Crippen molar-refractivity contribution in [2.45, 2.75) is 56.5 Å². The van der Waals surface area contributed by atoms with E-state index in [2.05, 4.69) is 29.2 Å². The van der Waals surface area contributed by atoms with Crippen LogP contribution in [0.2, 0.25) is 0 Å². The second-order valence-electron chi connectivity index (χ2n) is 6.87. The summed E-state index contributed by atoms with van der Waals surface area (Å²) >= 11 is 0. The summed E-state index contributed by atoms with van der Waals surface area (Å²) in [6.45, 7) is 0.0915. The third-order valence-corrected chi connectivity index (χ3v) is 5.96. The van der Waals surface area contributed by atoms with Gasteiger partial charge in [-0.05, 0) is 42.7 Å². The number of carbonyl (C=O) groups is 1. The highest BCUT2D eigenvalue weighted by atomic mass is 16.3. The highest BCUT2D eigenvalue weighted by molar-refractivity contribution is 5.81. The van der Waals surface area contributed by atoms with Crippen molar-refractivity contribution in [3.63, 3.8) is 0 Å². The average molecular weight is 285 g/mol. The summed E-state index contributed by atoms with van der Waals surface area (Å²) in [5.74, 6) is 0.699. The molecule has 2 heterocycles. The van der Waals surface area contributed by atoms with Gasteiger partial charge < -0.3 is 10.0 Å². The van der Waals surface area contributed by atoms with E-state index >= 15 is 0 Å². The fourth-order valence-electron chi connectivity index (χ4n) is 5.15. The van der Waals surface area contributed by atoms with Crippen molar-refractivity contribution in [2.75, 3.05) is 6.61 Å². The molecule has 1 saturated heterocycles. The minimum absolute atomic E-state index is 0.00648. The molecule has 2 fully saturated rings. The van der Waals surface area contributed by atoms with E-state index in [1.165, 1.54) is 24.0 Å². The molecule has 2 aliphatic heterocycles. The van der Waals surface area contributed by atoms with Crippen molar-refractivity contribution in [3.05, 3.63) is 35.4 Å². The molecule has 1 spiro atoms. The van der Waals surface area contributed by atoms with Gasteiger partial charge in [0, 0.05) is 6.42 Å². The number of benzene rings is 1. The van der Waals surface area contributed by atoms with E-state index in [0.717, 1.165) is 25.7 Å². The van der Waals surface area contributed by atoms with E-state index in [0.29, 0.717) is 12.3 Å². The molecule has 4 rings (SSSR count). The highest BCUT2D eigenvalue weighted by Gasteiger charge is 2.57. The van der Waals surface area contributed by atoms with Crippen LogP contribution in [-0.2, 0) is 16.8 Å². The predicted molar refractivity (Wildman–Crippen MR) is 80.7 cm³/mol. The van der Waals surface area contributed by atoms with E-state index < -0.39 is 0 Å². The summed E-state index contributed by atoms with van der Waals surface area (Å²) in [7, 11) is 0. The maximum atomic E-state index is 12.7. The van der Waals surface area contributed by atoms with Gasteiger partial charge >= 0.3 is 0 Å². The molecule has 0 bridgehead atoms. The molecule has 1 aromatic rings. The van der Waals surface area contributed by atoms with Gasteiger partial charge in [-0.25, -0.2) is 0 Å². The first-order chi connectivity index (χ1) is 10.3. The quantitative estimate of drug-likeness (QED) is 0.861. The molecule has 3 aliphatic rings. The van der Waals surface area contributed by atoms with Crippen LogP contribution in [0, 0.1) is 5.92 Å². The van der Waals surface area contributed by atoms with E-state index in [-0.39, 0.29) is 24.1 Å². The molecule has 21 heavy (non-hydrogen) atoms. The van der Waals surface area contributed by atoms with Crippen molar-refractivity contribution in [1.82, 2.24) is 4.90 Å². The van der Waals surface area contributed by atoms with E-state index in [1.54, 1.807) is 0 Å². The molecule has 112 valence electrons. The largest absolute Gasteiger partial charge is 0.394 e. The van der Waals surface area contributed by atoms with Gasteiger partial charge in [-0.2, -0.15) is 0 Å². The Kier molecular flexibility index (Phi) is 3.07. The summed E-state index contributed by atoms with van der Waals surface area (Å²) in [5, 5.41) is 9.85. The van der Waals surface area contributed by atoms with E-state index in [9.17, 15) is 9.90 Å². The second kappa shape index (κ2) is 4.84. The Hall–Kier alpha value is -1.35. The minimum atomic E-state index is -0.129. The number of aliphatic hydroxyl groups excluding tert-OH is 1. The third-order valence-electron chi connectivity index (χ3n) is 5.96. The Bertz CT molecular complexity index is 570. The topological polar surface area (TPSA) is 40.5 Å². The van der Waals surface area contributed by atoms with Crippen LogP contribution in [0.25, 0.3) is 0 Å². The summed E-state index contributed by atoms with van der Waals surface area (Å²) in [6, 6.07) is 8.66. The number of rotatable bonds is 1. The SMILES string of the molecule is O=C1C[C@@H]2CCCC[C@@]23c2ccccc2CC[C@@H](CO)N13. The normalized spacial score (nSPS) is 34.9. The van der Waals surface area contributed by atoms with Gasteiger partial charge in [0.1, 0.15) is 0 Å². The molecule has 0 radical (unpaired) electrons. The van der Waals surface area contributed by atoms with Crippen molar-refractivity contribution in [2.24, 2.45) is 5.92 Å². The van der Waals surface area contributed by atoms with E-state index in [1.807, 2.05) is 0 Å². The van der Waals surface area contributed by atoms with Crippen LogP contribution in [0.15, 0.2) is 24.3 Å². The maximum Gasteiger partial charge on any atom is 0.224 e. The monoisotopic (exact) mass is 285 g/mol. The first-order valence-corrected chi connectivity index (χ1v) is 8.29. The molecular weight excluding hydrogens is 262 g/mol. The molecule has 1 aromatic carbocycles. The van der Waals surface area contributed by atoms with Crippen LogP contribution in [-0.4, -0.2) is 28.6 Å². The maximum absolute atomic E-state index is 12.7. The minimum Gasteiger partial charge on any atom is -0.394 e. The zero-order chi connectivity index (χ0) is 14.4. The van der Waals surface area contributed by atoms with Crippen LogP contribution >= 0.6 is 0 Å². The molecule has 1 saturated carbocycles. The van der Waals surface area contributed by atoms with Crippen LogP contribution in [0.4, 0.5) is 0 Å². The Morgan fingerprint density at radius 1 is 1.24 bits per heavy atom. The van der Waals surface area contributed by atoms with Gasteiger partial charge in [0.25, 0.3) is 0 Å². The lowest BCUT2D eigenvalue weighted by Gasteiger charge is -2.47.